The highest BCUT2D eigenvalue weighted by molar-refractivity contribution is 6.20. The highest BCUT2D eigenvalue weighted by Gasteiger charge is 1.95. The van der Waals surface area contributed by atoms with Crippen molar-refractivity contribution >= 4 is 11.6 Å². The molecule has 1 N–H and O–H groups in total. The molecule has 0 rings (SSSR count). The van der Waals surface area contributed by atoms with Crippen LogP contribution < -0.4 is 5.32 Å². The summed E-state index contributed by atoms with van der Waals surface area (Å²) in [6, 6.07) is 0.552. The minimum Gasteiger partial charge on any atom is -0.313 e. The van der Waals surface area contributed by atoms with Gasteiger partial charge in [-0.25, -0.2) is 0 Å². The van der Waals surface area contributed by atoms with Crippen LogP contribution in [0.5, 0.6) is 0 Å². The van der Waals surface area contributed by atoms with Crippen molar-refractivity contribution in [2.75, 3.05) is 6.54 Å². The lowest BCUT2D eigenvalue weighted by molar-refractivity contribution is 0.587. The molecule has 0 unspecified atom stereocenters. The topological polar surface area (TPSA) is 12.0 Å². The smallest absolute Gasteiger partial charge is 0.0432 e. The molecular weight excluding hydrogens is 122 g/mol. The first-order chi connectivity index (χ1) is 3.63. The van der Waals surface area contributed by atoms with Gasteiger partial charge in [-0.2, -0.15) is 0 Å². The maximum absolute atomic E-state index is 5.66. The minimum absolute atomic E-state index is 0.248. The maximum Gasteiger partial charge on any atom is 0.0432 e. The van der Waals surface area contributed by atoms with Crippen molar-refractivity contribution in [2.45, 2.75) is 32.2 Å². The number of alkyl halides is 1. The van der Waals surface area contributed by atoms with Gasteiger partial charge in [0.1, 0.15) is 0 Å². The average molecular weight is 136 g/mol. The van der Waals surface area contributed by atoms with Gasteiger partial charge in [-0.15, -0.1) is 11.6 Å². The Balaban J connectivity index is 2.93. The van der Waals surface area contributed by atoms with Crippen molar-refractivity contribution in [3.63, 3.8) is 0 Å². The summed E-state index contributed by atoms with van der Waals surface area (Å²) in [6.07, 6.45) is 0. The van der Waals surface area contributed by atoms with Gasteiger partial charge in [0.15, 0.2) is 0 Å². The molecule has 0 bridgehead atoms. The zero-order chi connectivity index (χ0) is 6.57. The summed E-state index contributed by atoms with van der Waals surface area (Å²) in [5.41, 5.74) is 0. The van der Waals surface area contributed by atoms with Crippen LogP contribution in [0.3, 0.4) is 0 Å². The summed E-state index contributed by atoms with van der Waals surface area (Å²) in [5, 5.41) is 3.46. The number of hydrogen-bond acceptors (Lipinski definition) is 1. The first-order valence-corrected chi connectivity index (χ1v) is 3.44. The fourth-order valence-corrected chi connectivity index (χ4v) is 0.487. The van der Waals surface area contributed by atoms with Crippen molar-refractivity contribution in [2.24, 2.45) is 0 Å². The molecule has 1 atom stereocenters. The largest absolute Gasteiger partial charge is 0.313 e. The fraction of sp³-hybridized carbons (Fsp3) is 1.00. The Hall–Kier alpha value is 0.250. The Morgan fingerprint density at radius 1 is 1.38 bits per heavy atom. The van der Waals surface area contributed by atoms with Gasteiger partial charge in [0.2, 0.25) is 0 Å². The van der Waals surface area contributed by atoms with Gasteiger partial charge >= 0.3 is 0 Å². The first kappa shape index (κ1) is 8.25. The first-order valence-electron chi connectivity index (χ1n) is 3.00. The number of halogens is 1. The molecule has 0 aromatic rings. The van der Waals surface area contributed by atoms with Crippen LogP contribution in [0.25, 0.3) is 0 Å². The predicted molar refractivity (Wildman–Crippen MR) is 38.5 cm³/mol. The van der Waals surface area contributed by atoms with Gasteiger partial charge < -0.3 is 5.32 Å². The monoisotopic (exact) mass is 135 g/mol. The van der Waals surface area contributed by atoms with E-state index in [1.165, 1.54) is 0 Å². The highest BCUT2D eigenvalue weighted by atomic mass is 35.5. The second kappa shape index (κ2) is 4.16. The van der Waals surface area contributed by atoms with E-state index in [0.29, 0.717) is 6.04 Å². The summed E-state index contributed by atoms with van der Waals surface area (Å²) in [7, 11) is 0. The molecule has 2 heteroatoms. The summed E-state index contributed by atoms with van der Waals surface area (Å²) in [6.45, 7) is 7.11. The van der Waals surface area contributed by atoms with E-state index in [1.54, 1.807) is 0 Å². The van der Waals surface area contributed by atoms with Crippen molar-refractivity contribution in [3.8, 4) is 0 Å². The van der Waals surface area contributed by atoms with E-state index in [-0.39, 0.29) is 5.38 Å². The number of nitrogens with one attached hydrogen (secondary N) is 1. The SMILES string of the molecule is CC(C)NC[C@H](C)Cl. The third kappa shape index (κ3) is 6.25. The third-order valence-corrected chi connectivity index (χ3v) is 0.962. The van der Waals surface area contributed by atoms with Crippen LogP contribution in [0, 0.1) is 0 Å². The van der Waals surface area contributed by atoms with Gasteiger partial charge in [-0.1, -0.05) is 13.8 Å². The molecule has 0 fully saturated rings. The fourth-order valence-electron chi connectivity index (χ4n) is 0.398. The van der Waals surface area contributed by atoms with Crippen molar-refractivity contribution < 1.29 is 0 Å². The molecular formula is C6H14ClN. The van der Waals surface area contributed by atoms with E-state index in [4.69, 9.17) is 11.6 Å². The normalized spacial score (nSPS) is 14.6. The van der Waals surface area contributed by atoms with Crippen LogP contribution in [0.15, 0.2) is 0 Å². The van der Waals surface area contributed by atoms with Crippen LogP contribution in [-0.4, -0.2) is 18.0 Å². The van der Waals surface area contributed by atoms with Crippen LogP contribution in [0.1, 0.15) is 20.8 Å². The lowest BCUT2D eigenvalue weighted by Gasteiger charge is -2.07. The summed E-state index contributed by atoms with van der Waals surface area (Å²) in [4.78, 5) is 0. The Kier molecular flexibility index (Phi) is 4.29. The van der Waals surface area contributed by atoms with Crippen LogP contribution in [0.4, 0.5) is 0 Å². The Bertz CT molecular complexity index is 44.5. The second-order valence-corrected chi connectivity index (χ2v) is 3.09. The molecule has 0 aliphatic heterocycles. The molecule has 0 saturated heterocycles. The summed E-state index contributed by atoms with van der Waals surface area (Å²) >= 11 is 5.66. The van der Waals surface area contributed by atoms with E-state index in [2.05, 4.69) is 19.2 Å². The second-order valence-electron chi connectivity index (χ2n) is 2.34. The van der Waals surface area contributed by atoms with Crippen LogP contribution >= 0.6 is 11.6 Å². The van der Waals surface area contributed by atoms with E-state index in [0.717, 1.165) is 6.54 Å². The van der Waals surface area contributed by atoms with Crippen LogP contribution in [-0.2, 0) is 0 Å². The molecule has 0 radical (unpaired) electrons. The lowest BCUT2D eigenvalue weighted by Crippen LogP contribution is -2.27. The lowest BCUT2D eigenvalue weighted by atomic mass is 10.4. The Morgan fingerprint density at radius 3 is 2.00 bits per heavy atom. The van der Waals surface area contributed by atoms with Gasteiger partial charge in [0, 0.05) is 18.0 Å². The van der Waals surface area contributed by atoms with E-state index in [1.807, 2.05) is 6.92 Å². The molecule has 0 aromatic carbocycles. The summed E-state index contributed by atoms with van der Waals surface area (Å²) in [5.74, 6) is 0. The molecule has 0 aliphatic rings. The quantitative estimate of drug-likeness (QED) is 0.580. The molecule has 0 aromatic heterocycles. The molecule has 1 nitrogen and oxygen atoms in total. The molecule has 0 heterocycles. The van der Waals surface area contributed by atoms with E-state index < -0.39 is 0 Å². The van der Waals surface area contributed by atoms with Crippen molar-refractivity contribution in [1.82, 2.24) is 5.32 Å². The molecule has 8 heavy (non-hydrogen) atoms. The van der Waals surface area contributed by atoms with Gasteiger partial charge in [0.05, 0.1) is 0 Å². The molecule has 50 valence electrons. The molecule has 0 saturated carbocycles. The highest BCUT2D eigenvalue weighted by Crippen LogP contribution is 1.89. The third-order valence-electron chi connectivity index (χ3n) is 0.807. The number of rotatable bonds is 3. The summed E-state index contributed by atoms with van der Waals surface area (Å²) < 4.78 is 0. The van der Waals surface area contributed by atoms with E-state index >= 15 is 0 Å². The Labute approximate surface area is 56.4 Å². The molecule has 0 spiro atoms. The zero-order valence-corrected chi connectivity index (χ0v) is 6.50. The minimum atomic E-state index is 0.248. The molecule has 0 amide bonds. The van der Waals surface area contributed by atoms with Gasteiger partial charge in [0.25, 0.3) is 0 Å². The van der Waals surface area contributed by atoms with Gasteiger partial charge in [-0.3, -0.25) is 0 Å². The zero-order valence-electron chi connectivity index (χ0n) is 5.74. The average Bonchev–Trinajstić information content (AvgIpc) is 1.61. The standard InChI is InChI=1S/C6H14ClN/c1-5(2)8-4-6(3)7/h5-6,8H,4H2,1-3H3/t6-/m0/s1. The van der Waals surface area contributed by atoms with Crippen LogP contribution in [0.2, 0.25) is 0 Å². The van der Waals surface area contributed by atoms with Gasteiger partial charge in [-0.05, 0) is 6.92 Å². The number of hydrogen-bond donors (Lipinski definition) is 1. The Morgan fingerprint density at radius 2 is 1.88 bits per heavy atom. The maximum atomic E-state index is 5.66. The van der Waals surface area contributed by atoms with E-state index in [9.17, 15) is 0 Å². The predicted octanol–water partition coefficient (Wildman–Crippen LogP) is 1.61. The van der Waals surface area contributed by atoms with Crippen molar-refractivity contribution in [3.05, 3.63) is 0 Å². The molecule has 0 aliphatic carbocycles. The van der Waals surface area contributed by atoms with Crippen molar-refractivity contribution in [1.29, 1.82) is 0 Å².